The summed E-state index contributed by atoms with van der Waals surface area (Å²) in [7, 11) is -0.765. The van der Waals surface area contributed by atoms with Crippen LogP contribution in [-0.4, -0.2) is 41.7 Å². The average molecular weight is 505 g/mol. The number of carbonyl (C=O) groups is 1. The van der Waals surface area contributed by atoms with Gasteiger partial charge in [-0.1, -0.05) is 29.8 Å². The Kier molecular flexibility index (Phi) is 8.25. The Bertz CT molecular complexity index is 1230. The minimum atomic E-state index is -3.70. The van der Waals surface area contributed by atoms with Gasteiger partial charge >= 0.3 is 0 Å². The lowest BCUT2D eigenvalue weighted by Crippen LogP contribution is -2.30. The number of halogens is 1. The summed E-state index contributed by atoms with van der Waals surface area (Å²) in [6.07, 6.45) is 0. The summed E-state index contributed by atoms with van der Waals surface area (Å²) in [5.41, 5.74) is 0.874. The molecule has 0 aliphatic heterocycles. The van der Waals surface area contributed by atoms with Crippen LogP contribution in [0.2, 0.25) is 5.02 Å². The highest BCUT2D eigenvalue weighted by atomic mass is 35.5. The van der Waals surface area contributed by atoms with Crippen molar-refractivity contribution in [1.29, 1.82) is 0 Å². The molecule has 8 nitrogen and oxygen atoms in total. The van der Waals surface area contributed by atoms with Crippen molar-refractivity contribution in [3.05, 3.63) is 71.8 Å². The maximum absolute atomic E-state index is 13.0. The van der Waals surface area contributed by atoms with E-state index in [0.29, 0.717) is 33.6 Å². The molecule has 0 fully saturated rings. The van der Waals surface area contributed by atoms with Gasteiger partial charge in [-0.2, -0.15) is 0 Å². The van der Waals surface area contributed by atoms with Crippen LogP contribution in [-0.2, 0) is 14.8 Å². The van der Waals surface area contributed by atoms with Crippen molar-refractivity contribution in [3.8, 4) is 17.2 Å². The molecule has 3 aromatic carbocycles. The lowest BCUT2D eigenvalue weighted by molar-refractivity contribution is -0.118. The van der Waals surface area contributed by atoms with Gasteiger partial charge in [-0.25, -0.2) is 8.42 Å². The van der Waals surface area contributed by atoms with E-state index < -0.39 is 15.9 Å². The third kappa shape index (κ3) is 5.73. The number of sulfonamides is 1. The van der Waals surface area contributed by atoms with Gasteiger partial charge in [0, 0.05) is 18.7 Å². The number of anilines is 2. The van der Waals surface area contributed by atoms with E-state index in [-0.39, 0.29) is 18.0 Å². The first-order chi connectivity index (χ1) is 16.3. The summed E-state index contributed by atoms with van der Waals surface area (Å²) in [6, 6.07) is 17.8. The second-order valence-corrected chi connectivity index (χ2v) is 9.27. The molecule has 10 heteroatoms. The highest BCUT2D eigenvalue weighted by molar-refractivity contribution is 7.92. The Hall–Kier alpha value is -3.43. The first kappa shape index (κ1) is 25.2. The first-order valence-corrected chi connectivity index (χ1v) is 12.1. The second-order valence-electron chi connectivity index (χ2n) is 7.00. The quantitative estimate of drug-likeness (QED) is 0.434. The molecule has 3 aromatic rings. The monoisotopic (exact) mass is 504 g/mol. The number of hydrogen-bond donors (Lipinski definition) is 1. The number of hydrogen-bond acceptors (Lipinski definition) is 6. The van der Waals surface area contributed by atoms with Crippen LogP contribution in [0.3, 0.4) is 0 Å². The van der Waals surface area contributed by atoms with Crippen LogP contribution < -0.4 is 23.8 Å². The van der Waals surface area contributed by atoms with Gasteiger partial charge in [0.25, 0.3) is 15.9 Å². The summed E-state index contributed by atoms with van der Waals surface area (Å²) in [5, 5.41) is 3.05. The number of methoxy groups -OCH3 is 2. The Morgan fingerprint density at radius 2 is 1.62 bits per heavy atom. The molecular formula is C24H25ClN2O6S. The number of benzene rings is 3. The molecule has 0 unspecified atom stereocenters. The molecule has 1 amide bonds. The molecule has 0 aliphatic rings. The van der Waals surface area contributed by atoms with Crippen LogP contribution >= 0.6 is 11.6 Å². The lowest BCUT2D eigenvalue weighted by Gasteiger charge is -2.23. The fourth-order valence-electron chi connectivity index (χ4n) is 3.21. The molecule has 34 heavy (non-hydrogen) atoms. The lowest BCUT2D eigenvalue weighted by atomic mass is 10.2. The van der Waals surface area contributed by atoms with E-state index >= 15 is 0 Å². The molecule has 0 radical (unpaired) electrons. The zero-order valence-corrected chi connectivity index (χ0v) is 20.5. The zero-order chi connectivity index (χ0) is 24.7. The van der Waals surface area contributed by atoms with Crippen LogP contribution in [0.4, 0.5) is 11.4 Å². The third-order valence-corrected chi connectivity index (χ3v) is 7.07. The first-order valence-electron chi connectivity index (χ1n) is 10.3. The van der Waals surface area contributed by atoms with Gasteiger partial charge in [0.05, 0.1) is 35.5 Å². The van der Waals surface area contributed by atoms with E-state index in [0.717, 1.165) is 0 Å². The highest BCUT2D eigenvalue weighted by Gasteiger charge is 2.23. The molecule has 3 rings (SSSR count). The van der Waals surface area contributed by atoms with Crippen molar-refractivity contribution in [2.75, 3.05) is 37.0 Å². The van der Waals surface area contributed by atoms with E-state index in [2.05, 4.69) is 5.32 Å². The Morgan fingerprint density at radius 3 is 2.21 bits per heavy atom. The minimum Gasteiger partial charge on any atom is -0.495 e. The van der Waals surface area contributed by atoms with E-state index in [4.69, 9.17) is 25.8 Å². The van der Waals surface area contributed by atoms with Crippen LogP contribution in [0.5, 0.6) is 17.2 Å². The molecule has 0 atom stereocenters. The van der Waals surface area contributed by atoms with E-state index in [1.165, 1.54) is 18.5 Å². The van der Waals surface area contributed by atoms with Crippen molar-refractivity contribution in [1.82, 2.24) is 0 Å². The number of amides is 1. The van der Waals surface area contributed by atoms with Crippen molar-refractivity contribution in [3.63, 3.8) is 0 Å². The topological polar surface area (TPSA) is 94.2 Å². The van der Waals surface area contributed by atoms with Gasteiger partial charge in [0.15, 0.2) is 6.61 Å². The van der Waals surface area contributed by atoms with Crippen LogP contribution in [0.15, 0.2) is 71.6 Å². The Labute approximate surface area is 204 Å². The highest BCUT2D eigenvalue weighted by Crippen LogP contribution is 2.35. The van der Waals surface area contributed by atoms with Gasteiger partial charge in [-0.3, -0.25) is 9.10 Å². The third-order valence-electron chi connectivity index (χ3n) is 4.86. The summed E-state index contributed by atoms with van der Waals surface area (Å²) < 4.78 is 43.2. The second kappa shape index (κ2) is 11.1. The van der Waals surface area contributed by atoms with Crippen LogP contribution in [0.1, 0.15) is 6.92 Å². The summed E-state index contributed by atoms with van der Waals surface area (Å²) in [6.45, 7) is 1.74. The van der Waals surface area contributed by atoms with Gasteiger partial charge in [-0.15, -0.1) is 0 Å². The molecule has 1 N–H and O–H groups in total. The molecule has 0 aliphatic carbocycles. The largest absolute Gasteiger partial charge is 0.495 e. The molecule has 0 bridgehead atoms. The number of carbonyl (C=O) groups excluding carboxylic acids is 1. The maximum atomic E-state index is 13.0. The molecule has 180 valence electrons. The standard InChI is InChI=1S/C24H25ClN2O6S/c1-4-27(34(29,30)19-8-6-5-7-9-19)17-10-12-18(13-11-17)33-16-24(28)26-21-15-22(31-2)20(25)14-23(21)32-3/h5-15H,4,16H2,1-3H3,(H,26,28). The van der Waals surface area contributed by atoms with Crippen LogP contribution in [0, 0.1) is 0 Å². The van der Waals surface area contributed by atoms with Gasteiger partial charge in [0.2, 0.25) is 0 Å². The summed E-state index contributed by atoms with van der Waals surface area (Å²) in [5.74, 6) is 0.754. The van der Waals surface area contributed by atoms with Gasteiger partial charge in [-0.05, 0) is 43.3 Å². The molecule has 0 saturated heterocycles. The minimum absolute atomic E-state index is 0.211. The summed E-state index contributed by atoms with van der Waals surface area (Å²) >= 11 is 6.08. The number of rotatable bonds is 10. The Balaban J connectivity index is 1.67. The average Bonchev–Trinajstić information content (AvgIpc) is 2.85. The molecule has 0 heterocycles. The van der Waals surface area contributed by atoms with Crippen molar-refractivity contribution < 1.29 is 27.4 Å². The number of nitrogens with one attached hydrogen (secondary N) is 1. The summed E-state index contributed by atoms with van der Waals surface area (Å²) in [4.78, 5) is 12.6. The zero-order valence-electron chi connectivity index (χ0n) is 18.9. The van der Waals surface area contributed by atoms with Gasteiger partial charge < -0.3 is 19.5 Å². The normalized spacial score (nSPS) is 10.9. The van der Waals surface area contributed by atoms with Gasteiger partial charge in [0.1, 0.15) is 17.2 Å². The predicted octanol–water partition coefficient (Wildman–Crippen LogP) is 4.59. The fourth-order valence-corrected chi connectivity index (χ4v) is 4.94. The number of nitrogens with zero attached hydrogens (tertiary/aromatic N) is 1. The predicted molar refractivity (Wildman–Crippen MR) is 132 cm³/mol. The SMILES string of the molecule is CCN(c1ccc(OCC(=O)Nc2cc(OC)c(Cl)cc2OC)cc1)S(=O)(=O)c1ccccc1. The van der Waals surface area contributed by atoms with Crippen molar-refractivity contribution in [2.24, 2.45) is 0 Å². The van der Waals surface area contributed by atoms with E-state index in [1.54, 1.807) is 73.7 Å². The maximum Gasteiger partial charge on any atom is 0.264 e. The molecule has 0 saturated carbocycles. The molecular weight excluding hydrogens is 480 g/mol. The van der Waals surface area contributed by atoms with Crippen LogP contribution in [0.25, 0.3) is 0 Å². The number of ether oxygens (including phenoxy) is 3. The van der Waals surface area contributed by atoms with Crippen molar-refractivity contribution in [2.45, 2.75) is 11.8 Å². The smallest absolute Gasteiger partial charge is 0.264 e. The van der Waals surface area contributed by atoms with Crippen molar-refractivity contribution >= 4 is 38.9 Å². The molecule has 0 spiro atoms. The van der Waals surface area contributed by atoms with E-state index in [9.17, 15) is 13.2 Å². The molecule has 0 aromatic heterocycles. The van der Waals surface area contributed by atoms with E-state index in [1.807, 2.05) is 0 Å². The fraction of sp³-hybridized carbons (Fsp3) is 0.208. The Morgan fingerprint density at radius 1 is 0.971 bits per heavy atom.